The van der Waals surface area contributed by atoms with Gasteiger partial charge in [0, 0.05) is 0 Å². The number of aliphatic carboxylic acids is 1. The number of amides is 5. The smallest absolute Gasteiger partial charge is 0.323 e. The van der Waals surface area contributed by atoms with E-state index in [1.807, 2.05) is 21.5 Å². The van der Waals surface area contributed by atoms with Crippen molar-refractivity contribution in [3.05, 3.63) is 0 Å². The molecule has 0 spiro atoms. The van der Waals surface area contributed by atoms with Crippen molar-refractivity contribution in [2.75, 3.05) is 19.7 Å². The number of unbranched alkanes of at least 4 members (excludes halogenated alkanes) is 1. The predicted octanol–water partition coefficient (Wildman–Crippen LogP) is -4.17. The third-order valence-electron chi connectivity index (χ3n) is 2.83. The molecule has 0 heterocycles. The summed E-state index contributed by atoms with van der Waals surface area (Å²) >= 11 is 0. The summed E-state index contributed by atoms with van der Waals surface area (Å²) in [6, 6.07) is -3.78. The number of primary amides is 1. The van der Waals surface area contributed by atoms with Gasteiger partial charge in [-0.3, -0.25) is 30.0 Å². The number of rotatable bonds is 10. The Balaban J connectivity index is 0. The Morgan fingerprint density at radius 1 is 1.07 bits per heavy atom. The molecule has 0 radical (unpaired) electrons. The lowest BCUT2D eigenvalue weighted by molar-refractivity contribution is -0.135. The van der Waals surface area contributed by atoms with Gasteiger partial charge in [0.1, 0.15) is 18.6 Å². The van der Waals surface area contributed by atoms with E-state index in [0.29, 0.717) is 0 Å². The first kappa shape index (κ1) is 27.3. The van der Waals surface area contributed by atoms with Crippen LogP contribution in [0.25, 0.3) is 0 Å². The predicted molar refractivity (Wildman–Crippen MR) is 97.1 cm³/mol. The summed E-state index contributed by atoms with van der Waals surface area (Å²) < 4.78 is 0. The van der Waals surface area contributed by atoms with Gasteiger partial charge >= 0.3 is 12.0 Å². The van der Waals surface area contributed by atoms with Crippen LogP contribution in [0.15, 0.2) is 0 Å². The summed E-state index contributed by atoms with van der Waals surface area (Å²) in [5, 5.41) is 21.0. The molecular weight excluding hydrogens is 378 g/mol. The Bertz CT molecular complexity index is 528. The number of urea groups is 1. The second-order valence-electron chi connectivity index (χ2n) is 5.35. The van der Waals surface area contributed by atoms with E-state index in [2.05, 4.69) is 6.92 Å². The second-order valence-corrected chi connectivity index (χ2v) is 5.35. The van der Waals surface area contributed by atoms with Crippen molar-refractivity contribution >= 4 is 29.7 Å². The average molecular weight is 407 g/mol. The normalized spacial score (nSPS) is 11.7. The lowest BCUT2D eigenvalue weighted by Gasteiger charge is -2.18. The van der Waals surface area contributed by atoms with E-state index in [4.69, 9.17) is 27.4 Å². The molecule has 0 aliphatic carbocycles. The maximum absolute atomic E-state index is 11.8. The third-order valence-corrected chi connectivity index (χ3v) is 2.83. The van der Waals surface area contributed by atoms with E-state index in [1.54, 1.807) is 0 Å². The summed E-state index contributed by atoms with van der Waals surface area (Å²) in [5.74, 6) is -4.16. The molecule has 0 aromatic heterocycles. The highest BCUT2D eigenvalue weighted by Crippen LogP contribution is 1.92. The average Bonchev–Trinajstić information content (AvgIpc) is 2.63. The number of carboxylic acids is 1. The Hall–Kier alpha value is -2.97. The minimum Gasteiger partial charge on any atom is -0.480 e. The first-order valence-corrected chi connectivity index (χ1v) is 8.29. The van der Waals surface area contributed by atoms with Gasteiger partial charge in [-0.15, -0.1) is 0 Å². The molecule has 12 N–H and O–H groups in total. The molecule has 1 unspecified atom stereocenters. The van der Waals surface area contributed by atoms with Crippen molar-refractivity contribution < 1.29 is 34.2 Å². The van der Waals surface area contributed by atoms with Gasteiger partial charge in [0.15, 0.2) is 0 Å². The summed E-state index contributed by atoms with van der Waals surface area (Å²) in [6.07, 6.45) is 1.78. The van der Waals surface area contributed by atoms with Crippen LogP contribution in [0.3, 0.4) is 0 Å². The van der Waals surface area contributed by atoms with E-state index >= 15 is 0 Å². The molecule has 0 bridgehead atoms. The van der Waals surface area contributed by atoms with E-state index in [-0.39, 0.29) is 0 Å². The molecule has 0 rings (SSSR count). The molecule has 14 nitrogen and oxygen atoms in total. The number of hydrazine groups is 1. The Morgan fingerprint density at radius 3 is 2.04 bits per heavy atom. The lowest BCUT2D eigenvalue weighted by Crippen LogP contribution is -2.57. The number of hydrogen-bond acceptors (Lipinski definition) is 8. The van der Waals surface area contributed by atoms with Crippen molar-refractivity contribution in [1.29, 1.82) is 0 Å². The van der Waals surface area contributed by atoms with Crippen molar-refractivity contribution in [3.8, 4) is 0 Å². The number of aliphatic hydroxyl groups excluding tert-OH is 1. The van der Waals surface area contributed by atoms with Gasteiger partial charge in [0.2, 0.25) is 5.91 Å². The highest BCUT2D eigenvalue weighted by Gasteiger charge is 2.24. The zero-order chi connectivity index (χ0) is 22.1. The van der Waals surface area contributed by atoms with Gasteiger partial charge in [-0.05, 0) is 13.0 Å². The molecule has 14 heteroatoms. The van der Waals surface area contributed by atoms with Crippen LogP contribution in [0.4, 0.5) is 4.79 Å². The SMILES string of the molecule is CCCCN.NC(=O)C[C@H](NC(=O)NCC(=O)O)C(=O)NNC(=O)C(N)CO. The summed E-state index contributed by atoms with van der Waals surface area (Å²) in [4.78, 5) is 55.6. The van der Waals surface area contributed by atoms with Crippen LogP contribution in [0.2, 0.25) is 0 Å². The highest BCUT2D eigenvalue weighted by atomic mass is 16.4. The number of carbonyl (C=O) groups is 5. The van der Waals surface area contributed by atoms with Gasteiger partial charge in [-0.1, -0.05) is 13.3 Å². The minimum atomic E-state index is -1.47. The van der Waals surface area contributed by atoms with Crippen LogP contribution < -0.4 is 38.7 Å². The van der Waals surface area contributed by atoms with Crippen LogP contribution in [0, 0.1) is 0 Å². The largest absolute Gasteiger partial charge is 0.480 e. The van der Waals surface area contributed by atoms with E-state index in [1.165, 1.54) is 12.8 Å². The van der Waals surface area contributed by atoms with Crippen molar-refractivity contribution in [3.63, 3.8) is 0 Å². The molecule has 0 aliphatic rings. The minimum absolute atomic E-state index is 0.603. The van der Waals surface area contributed by atoms with Gasteiger partial charge in [0.25, 0.3) is 11.8 Å². The highest BCUT2D eigenvalue weighted by molar-refractivity contribution is 5.93. The number of aliphatic hydroxyl groups is 1. The second kappa shape index (κ2) is 16.2. The van der Waals surface area contributed by atoms with Crippen LogP contribution >= 0.6 is 0 Å². The fourth-order valence-electron chi connectivity index (χ4n) is 1.37. The zero-order valence-corrected chi connectivity index (χ0v) is 15.6. The summed E-state index contributed by atoms with van der Waals surface area (Å²) in [6.45, 7) is 1.60. The number of nitrogens with two attached hydrogens (primary N) is 3. The molecular formula is C14H29N7O7. The fraction of sp³-hybridized carbons (Fsp3) is 0.643. The van der Waals surface area contributed by atoms with Crippen LogP contribution in [0.1, 0.15) is 26.2 Å². The van der Waals surface area contributed by atoms with Gasteiger partial charge < -0.3 is 38.0 Å². The fourth-order valence-corrected chi connectivity index (χ4v) is 1.37. The standard InChI is InChI=1S/C10H18N6O7.C4H11N/c11-4(3-17)8(21)15-16-9(22)5(1-6(12)18)14-10(23)13-2-7(19)20;1-2-3-4-5/h4-5,17H,1-3,11H2,(H2,12,18)(H,15,21)(H,16,22)(H,19,20)(H2,13,14,23);2-5H2,1H3/t4?,5-;/m0./s1. The molecule has 0 saturated heterocycles. The maximum Gasteiger partial charge on any atom is 0.323 e. The van der Waals surface area contributed by atoms with E-state index in [9.17, 15) is 24.0 Å². The Kier molecular flexibility index (Phi) is 15.8. The monoisotopic (exact) mass is 407 g/mol. The summed E-state index contributed by atoms with van der Waals surface area (Å²) in [7, 11) is 0. The van der Waals surface area contributed by atoms with Crippen molar-refractivity contribution in [2.24, 2.45) is 17.2 Å². The molecule has 0 saturated carbocycles. The lowest BCUT2D eigenvalue weighted by atomic mass is 10.2. The third kappa shape index (κ3) is 15.3. The van der Waals surface area contributed by atoms with E-state index in [0.717, 1.165) is 6.54 Å². The number of nitrogens with one attached hydrogen (secondary N) is 4. The maximum atomic E-state index is 11.8. The Labute approximate surface area is 161 Å². The zero-order valence-electron chi connectivity index (χ0n) is 15.6. The molecule has 0 aromatic rings. The molecule has 0 aliphatic heterocycles. The molecule has 28 heavy (non-hydrogen) atoms. The van der Waals surface area contributed by atoms with Crippen LogP contribution in [0.5, 0.6) is 0 Å². The number of carboxylic acid groups (broad SMARTS) is 1. The van der Waals surface area contributed by atoms with E-state index < -0.39 is 61.4 Å². The molecule has 0 fully saturated rings. The van der Waals surface area contributed by atoms with Gasteiger partial charge in [-0.25, -0.2) is 4.79 Å². The first-order chi connectivity index (χ1) is 13.1. The topological polar surface area (TPSA) is 252 Å². The number of hydrogen-bond donors (Lipinski definition) is 9. The van der Waals surface area contributed by atoms with Gasteiger partial charge in [-0.2, -0.15) is 0 Å². The van der Waals surface area contributed by atoms with Crippen LogP contribution in [-0.4, -0.2) is 71.7 Å². The molecule has 0 aromatic carbocycles. The molecule has 2 atom stereocenters. The van der Waals surface area contributed by atoms with Gasteiger partial charge in [0.05, 0.1) is 13.0 Å². The quantitative estimate of drug-likeness (QED) is 0.159. The van der Waals surface area contributed by atoms with Crippen molar-refractivity contribution in [1.82, 2.24) is 21.5 Å². The Morgan fingerprint density at radius 2 is 1.64 bits per heavy atom. The van der Waals surface area contributed by atoms with Crippen molar-refractivity contribution in [2.45, 2.75) is 38.3 Å². The molecule has 162 valence electrons. The number of carbonyl (C=O) groups excluding carboxylic acids is 4. The molecule has 5 amide bonds. The van der Waals surface area contributed by atoms with Crippen LogP contribution in [-0.2, 0) is 19.2 Å². The first-order valence-electron chi connectivity index (χ1n) is 8.29. The summed E-state index contributed by atoms with van der Waals surface area (Å²) in [5.41, 5.74) is 19.0.